The number of benzene rings is 2. The summed E-state index contributed by atoms with van der Waals surface area (Å²) >= 11 is 0. The number of amides is 1. The third-order valence-corrected chi connectivity index (χ3v) is 3.18. The molecule has 0 radical (unpaired) electrons. The van der Waals surface area contributed by atoms with Gasteiger partial charge in [-0.25, -0.2) is 0 Å². The monoisotopic (exact) mass is 235 g/mol. The van der Waals surface area contributed by atoms with Gasteiger partial charge in [0.25, 0.3) is 5.91 Å². The fraction of sp³-hybridized carbons (Fsp3) is 0.0625. The van der Waals surface area contributed by atoms with Crippen molar-refractivity contribution in [2.24, 2.45) is 0 Å². The first-order valence-electron chi connectivity index (χ1n) is 5.94. The number of rotatable bonds is 0. The first kappa shape index (κ1) is 10.8. The quantitative estimate of drug-likeness (QED) is 0.739. The predicted molar refractivity (Wildman–Crippen MR) is 74.4 cm³/mol. The van der Waals surface area contributed by atoms with Crippen molar-refractivity contribution in [3.8, 4) is 0 Å². The van der Waals surface area contributed by atoms with Crippen molar-refractivity contribution >= 4 is 23.2 Å². The van der Waals surface area contributed by atoms with Gasteiger partial charge in [0.05, 0.1) is 0 Å². The Balaban J connectivity index is 2.26. The highest BCUT2D eigenvalue weighted by molar-refractivity contribution is 6.10. The molecule has 0 fully saturated rings. The van der Waals surface area contributed by atoms with E-state index < -0.39 is 0 Å². The average Bonchev–Trinajstić information content (AvgIpc) is 2.39. The van der Waals surface area contributed by atoms with Crippen molar-refractivity contribution in [2.45, 2.75) is 6.92 Å². The summed E-state index contributed by atoms with van der Waals surface area (Å²) in [4.78, 5) is 12.2. The minimum absolute atomic E-state index is 0.0505. The van der Waals surface area contributed by atoms with Gasteiger partial charge in [-0.2, -0.15) is 0 Å². The molecule has 1 heterocycles. The lowest BCUT2D eigenvalue weighted by molar-refractivity contribution is 0.102. The molecule has 2 heteroatoms. The van der Waals surface area contributed by atoms with Crippen LogP contribution in [0, 0.1) is 0 Å². The number of hydrogen-bond acceptors (Lipinski definition) is 1. The maximum Gasteiger partial charge on any atom is 0.256 e. The zero-order valence-electron chi connectivity index (χ0n) is 10.1. The van der Waals surface area contributed by atoms with Crippen LogP contribution >= 0.6 is 0 Å². The molecule has 18 heavy (non-hydrogen) atoms. The Morgan fingerprint density at radius 2 is 1.56 bits per heavy atom. The molecule has 0 aromatic heterocycles. The summed E-state index contributed by atoms with van der Waals surface area (Å²) in [5.41, 5.74) is 4.72. The Kier molecular flexibility index (Phi) is 2.49. The lowest BCUT2D eigenvalue weighted by atomic mass is 9.96. The third-order valence-electron chi connectivity index (χ3n) is 3.18. The predicted octanol–water partition coefficient (Wildman–Crippen LogP) is 3.81. The Labute approximate surface area is 106 Å². The van der Waals surface area contributed by atoms with Crippen molar-refractivity contribution < 1.29 is 4.79 Å². The van der Waals surface area contributed by atoms with Gasteiger partial charge in [-0.05, 0) is 41.8 Å². The lowest BCUT2D eigenvalue weighted by Gasteiger charge is -2.16. The fourth-order valence-corrected chi connectivity index (χ4v) is 2.26. The highest BCUT2D eigenvalue weighted by atomic mass is 16.1. The van der Waals surface area contributed by atoms with Gasteiger partial charge in [0.2, 0.25) is 0 Å². The zero-order chi connectivity index (χ0) is 12.5. The SMILES string of the molecule is C/C1=C/c2ccccc2NC(=O)c2ccccc21. The molecule has 0 saturated heterocycles. The van der Waals surface area contributed by atoms with Crippen LogP contribution in [0.25, 0.3) is 11.6 Å². The van der Waals surface area contributed by atoms with E-state index in [0.717, 1.165) is 28.0 Å². The minimum Gasteiger partial charge on any atom is -0.321 e. The van der Waals surface area contributed by atoms with E-state index in [0.29, 0.717) is 0 Å². The molecule has 0 unspecified atom stereocenters. The molecule has 1 N–H and O–H groups in total. The Bertz CT molecular complexity index is 656. The van der Waals surface area contributed by atoms with Crippen LogP contribution in [0.15, 0.2) is 48.5 Å². The fourth-order valence-electron chi connectivity index (χ4n) is 2.26. The second-order valence-corrected chi connectivity index (χ2v) is 4.41. The van der Waals surface area contributed by atoms with Gasteiger partial charge in [-0.3, -0.25) is 4.79 Å². The molecule has 3 rings (SSSR count). The Morgan fingerprint density at radius 3 is 2.39 bits per heavy atom. The van der Waals surface area contributed by atoms with Crippen molar-refractivity contribution in [1.29, 1.82) is 0 Å². The van der Waals surface area contributed by atoms with Crippen molar-refractivity contribution in [3.63, 3.8) is 0 Å². The van der Waals surface area contributed by atoms with E-state index in [-0.39, 0.29) is 5.91 Å². The third kappa shape index (κ3) is 1.72. The number of allylic oxidation sites excluding steroid dienone is 1. The summed E-state index contributed by atoms with van der Waals surface area (Å²) in [5, 5.41) is 2.96. The highest BCUT2D eigenvalue weighted by Gasteiger charge is 2.16. The van der Waals surface area contributed by atoms with Gasteiger partial charge >= 0.3 is 0 Å². The highest BCUT2D eigenvalue weighted by Crippen LogP contribution is 2.28. The number of hydrogen-bond donors (Lipinski definition) is 1. The van der Waals surface area contributed by atoms with Crippen LogP contribution in [0.2, 0.25) is 0 Å². The normalized spacial score (nSPS) is 16.5. The van der Waals surface area contributed by atoms with Crippen LogP contribution < -0.4 is 5.32 Å². The van der Waals surface area contributed by atoms with Gasteiger partial charge in [0.1, 0.15) is 0 Å². The first-order valence-corrected chi connectivity index (χ1v) is 5.94. The molecule has 1 amide bonds. The average molecular weight is 235 g/mol. The maximum atomic E-state index is 12.2. The smallest absolute Gasteiger partial charge is 0.256 e. The zero-order valence-corrected chi connectivity index (χ0v) is 10.1. The number of fused-ring (bicyclic) bond motifs is 2. The van der Waals surface area contributed by atoms with Crippen LogP contribution in [0.4, 0.5) is 5.69 Å². The van der Waals surface area contributed by atoms with E-state index in [1.54, 1.807) is 0 Å². The molecular weight excluding hydrogens is 222 g/mol. The number of anilines is 1. The molecule has 0 aliphatic carbocycles. The van der Waals surface area contributed by atoms with Crippen molar-refractivity contribution in [3.05, 3.63) is 65.2 Å². The van der Waals surface area contributed by atoms with E-state index in [1.165, 1.54) is 0 Å². The number of nitrogens with one attached hydrogen (secondary N) is 1. The molecule has 1 aliphatic heterocycles. The first-order chi connectivity index (χ1) is 8.75. The van der Waals surface area contributed by atoms with Crippen LogP contribution in [-0.4, -0.2) is 5.91 Å². The molecule has 0 atom stereocenters. The summed E-state index contributed by atoms with van der Waals surface area (Å²) in [6, 6.07) is 15.5. The molecule has 2 aromatic rings. The summed E-state index contributed by atoms with van der Waals surface area (Å²) in [5.74, 6) is -0.0505. The Morgan fingerprint density at radius 1 is 0.889 bits per heavy atom. The molecule has 2 aromatic carbocycles. The summed E-state index contributed by atoms with van der Waals surface area (Å²) in [6.07, 6.45) is 2.10. The molecule has 0 bridgehead atoms. The molecular formula is C16H13NO. The van der Waals surface area contributed by atoms with E-state index in [1.807, 2.05) is 55.5 Å². The largest absolute Gasteiger partial charge is 0.321 e. The van der Waals surface area contributed by atoms with Crippen LogP contribution in [0.1, 0.15) is 28.4 Å². The summed E-state index contributed by atoms with van der Waals surface area (Å²) in [7, 11) is 0. The van der Waals surface area contributed by atoms with Crippen molar-refractivity contribution in [1.82, 2.24) is 0 Å². The molecule has 1 aliphatic rings. The lowest BCUT2D eigenvalue weighted by Crippen LogP contribution is -2.15. The topological polar surface area (TPSA) is 29.1 Å². The van der Waals surface area contributed by atoms with Crippen LogP contribution in [0.5, 0.6) is 0 Å². The number of carbonyl (C=O) groups excluding carboxylic acids is 1. The molecule has 0 spiro atoms. The van der Waals surface area contributed by atoms with E-state index in [9.17, 15) is 4.79 Å². The van der Waals surface area contributed by atoms with Crippen LogP contribution in [-0.2, 0) is 0 Å². The summed E-state index contributed by atoms with van der Waals surface area (Å²) in [6.45, 7) is 2.04. The van der Waals surface area contributed by atoms with Crippen molar-refractivity contribution in [2.75, 3.05) is 5.32 Å². The number of carbonyl (C=O) groups is 1. The van der Waals surface area contributed by atoms with Gasteiger partial charge in [-0.15, -0.1) is 0 Å². The van der Waals surface area contributed by atoms with Crippen LogP contribution in [0.3, 0.4) is 0 Å². The standard InChI is InChI=1S/C16H13NO/c1-11-10-12-6-2-5-9-15(12)17-16(18)14-8-4-3-7-13(11)14/h2-10H,1H3,(H,17,18). The van der Waals surface area contributed by atoms with E-state index >= 15 is 0 Å². The van der Waals surface area contributed by atoms with Gasteiger partial charge in [0, 0.05) is 11.3 Å². The number of para-hydroxylation sites is 1. The molecule has 2 nitrogen and oxygen atoms in total. The van der Waals surface area contributed by atoms with Gasteiger partial charge in [0.15, 0.2) is 0 Å². The van der Waals surface area contributed by atoms with E-state index in [2.05, 4.69) is 11.4 Å². The van der Waals surface area contributed by atoms with E-state index in [4.69, 9.17) is 0 Å². The maximum absolute atomic E-state index is 12.2. The molecule has 88 valence electrons. The van der Waals surface area contributed by atoms with Gasteiger partial charge in [-0.1, -0.05) is 36.4 Å². The summed E-state index contributed by atoms with van der Waals surface area (Å²) < 4.78 is 0. The Hall–Kier alpha value is -2.35. The van der Waals surface area contributed by atoms with Gasteiger partial charge < -0.3 is 5.32 Å². The molecule has 0 saturated carbocycles. The second-order valence-electron chi connectivity index (χ2n) is 4.41. The minimum atomic E-state index is -0.0505. The second kappa shape index (κ2) is 4.15.